The molecule has 2 N–H and O–H groups in total. The number of hydroxylamine groups is 1. The Kier molecular flexibility index (Phi) is 5.99. The first-order chi connectivity index (χ1) is 6.11. The number of rotatable bonds is 7. The molecule has 6 nitrogen and oxygen atoms in total. The van der Waals surface area contributed by atoms with Gasteiger partial charge in [-0.05, 0) is 26.8 Å². The number of nitrogens with one attached hydrogen (secondary N) is 1. The number of likely N-dealkylation sites (N-methyl/N-ethyl adjacent to an activating group) is 1. The first-order valence-corrected chi connectivity index (χ1v) is 4.09. The van der Waals surface area contributed by atoms with Crippen LogP contribution in [0.5, 0.6) is 0 Å². The number of hydrogen-bond acceptors (Lipinski definition) is 5. The second-order valence-corrected chi connectivity index (χ2v) is 2.77. The van der Waals surface area contributed by atoms with Gasteiger partial charge in [0.2, 0.25) is 0 Å². The molecular weight excluding hydrogens is 174 g/mol. The van der Waals surface area contributed by atoms with Crippen molar-refractivity contribution in [3.05, 3.63) is 4.91 Å². The van der Waals surface area contributed by atoms with E-state index in [4.69, 9.17) is 5.21 Å². The molecule has 0 aliphatic rings. The molecule has 0 amide bonds. The minimum Gasteiger partial charge on any atom is -0.311 e. The minimum atomic E-state index is -0.208. The molecule has 0 unspecified atom stereocenters. The highest BCUT2D eigenvalue weighted by molar-refractivity contribution is 5.81. The van der Waals surface area contributed by atoms with Crippen molar-refractivity contribution in [2.24, 2.45) is 5.29 Å². The van der Waals surface area contributed by atoms with Crippen LogP contribution < -0.4 is 5.32 Å². The molecule has 0 aliphatic carbocycles. The Hall–Kier alpha value is -1.01. The molecule has 0 aliphatic heterocycles. The highest BCUT2D eigenvalue weighted by Gasteiger charge is 2.11. The number of nitroso groups, excluding NO2 is 1. The molecule has 0 rings (SSSR count). The minimum absolute atomic E-state index is 0.0473. The van der Waals surface area contributed by atoms with E-state index in [-0.39, 0.29) is 18.4 Å². The van der Waals surface area contributed by atoms with Crippen LogP contribution >= 0.6 is 0 Å². The summed E-state index contributed by atoms with van der Waals surface area (Å²) in [4.78, 5) is 20.6. The van der Waals surface area contributed by atoms with E-state index in [2.05, 4.69) is 10.6 Å². The smallest absolute Gasteiger partial charge is 0.146 e. The van der Waals surface area contributed by atoms with Gasteiger partial charge in [-0.25, -0.2) is 0 Å². The SMILES string of the molecule is CN[C@H](CCCN(O)N=O)C(C)=O. The number of carbonyl (C=O) groups is 1. The van der Waals surface area contributed by atoms with Crippen molar-refractivity contribution in [2.45, 2.75) is 25.8 Å². The first-order valence-electron chi connectivity index (χ1n) is 4.09. The van der Waals surface area contributed by atoms with Gasteiger partial charge in [0.15, 0.2) is 0 Å². The predicted octanol–water partition coefficient (Wildman–Crippen LogP) is 0.316. The van der Waals surface area contributed by atoms with E-state index in [1.165, 1.54) is 6.92 Å². The summed E-state index contributed by atoms with van der Waals surface area (Å²) in [7, 11) is 1.70. The summed E-state index contributed by atoms with van der Waals surface area (Å²) in [5, 5.41) is 14.1. The van der Waals surface area contributed by atoms with Crippen LogP contribution in [0.4, 0.5) is 0 Å². The van der Waals surface area contributed by atoms with Gasteiger partial charge in [0.05, 0.1) is 17.9 Å². The quantitative estimate of drug-likeness (QED) is 0.445. The lowest BCUT2D eigenvalue weighted by atomic mass is 10.1. The van der Waals surface area contributed by atoms with Crippen LogP contribution in [0.1, 0.15) is 19.8 Å². The van der Waals surface area contributed by atoms with Gasteiger partial charge >= 0.3 is 0 Å². The summed E-state index contributed by atoms with van der Waals surface area (Å²) in [6.45, 7) is 1.64. The molecule has 0 saturated carbocycles. The zero-order valence-electron chi connectivity index (χ0n) is 7.86. The van der Waals surface area contributed by atoms with Crippen molar-refractivity contribution in [2.75, 3.05) is 13.6 Å². The van der Waals surface area contributed by atoms with E-state index in [0.29, 0.717) is 18.0 Å². The monoisotopic (exact) mass is 189 g/mol. The molecular formula is C7H15N3O3. The van der Waals surface area contributed by atoms with E-state index in [9.17, 15) is 9.70 Å². The molecule has 0 aromatic carbocycles. The summed E-state index contributed by atoms with van der Waals surface area (Å²) < 4.78 is 0. The molecule has 0 fully saturated rings. The van der Waals surface area contributed by atoms with Crippen molar-refractivity contribution < 1.29 is 10.0 Å². The van der Waals surface area contributed by atoms with Gasteiger partial charge in [-0.2, -0.15) is 0 Å². The van der Waals surface area contributed by atoms with E-state index >= 15 is 0 Å². The standard InChI is InChI=1S/C7H15N3O3/c1-6(11)7(8-2)4-3-5-10(13)9-12/h7-8,13H,3-5H2,1-2H3/t7-/m1/s1. The van der Waals surface area contributed by atoms with Gasteiger partial charge in [0, 0.05) is 0 Å². The number of ketones is 1. The third-order valence-corrected chi connectivity index (χ3v) is 1.78. The molecule has 0 bridgehead atoms. The predicted molar refractivity (Wildman–Crippen MR) is 47.1 cm³/mol. The summed E-state index contributed by atoms with van der Waals surface area (Å²) in [6, 6.07) is -0.208. The van der Waals surface area contributed by atoms with Crippen molar-refractivity contribution in [3.8, 4) is 0 Å². The molecule has 0 saturated heterocycles. The Balaban J connectivity index is 3.61. The lowest BCUT2D eigenvalue weighted by Gasteiger charge is -2.12. The highest BCUT2D eigenvalue weighted by Crippen LogP contribution is 1.99. The summed E-state index contributed by atoms with van der Waals surface area (Å²) in [5.41, 5.74) is 0. The van der Waals surface area contributed by atoms with E-state index < -0.39 is 0 Å². The van der Waals surface area contributed by atoms with Crippen LogP contribution in [0.25, 0.3) is 0 Å². The molecule has 0 aromatic heterocycles. The lowest BCUT2D eigenvalue weighted by Crippen LogP contribution is -2.32. The molecule has 76 valence electrons. The Morgan fingerprint density at radius 3 is 2.69 bits per heavy atom. The fraction of sp³-hybridized carbons (Fsp3) is 0.857. The van der Waals surface area contributed by atoms with E-state index in [0.717, 1.165) is 0 Å². The van der Waals surface area contributed by atoms with Crippen LogP contribution in [0.15, 0.2) is 5.29 Å². The van der Waals surface area contributed by atoms with Gasteiger partial charge in [0.25, 0.3) is 0 Å². The largest absolute Gasteiger partial charge is 0.311 e. The third-order valence-electron chi connectivity index (χ3n) is 1.78. The van der Waals surface area contributed by atoms with Gasteiger partial charge in [0.1, 0.15) is 5.78 Å². The average Bonchev–Trinajstić information content (AvgIpc) is 2.11. The Morgan fingerprint density at radius 1 is 1.69 bits per heavy atom. The van der Waals surface area contributed by atoms with Gasteiger partial charge < -0.3 is 5.32 Å². The molecule has 6 heteroatoms. The third kappa shape index (κ3) is 5.26. The molecule has 13 heavy (non-hydrogen) atoms. The van der Waals surface area contributed by atoms with Gasteiger partial charge in [-0.15, -0.1) is 10.1 Å². The molecule has 0 heterocycles. The summed E-state index contributed by atoms with van der Waals surface area (Å²) >= 11 is 0. The van der Waals surface area contributed by atoms with Crippen molar-refractivity contribution >= 4 is 5.78 Å². The Bertz CT molecular complexity index is 174. The molecule has 0 aromatic rings. The maximum Gasteiger partial charge on any atom is 0.146 e. The molecule has 0 radical (unpaired) electrons. The zero-order valence-corrected chi connectivity index (χ0v) is 7.86. The second-order valence-electron chi connectivity index (χ2n) is 2.77. The van der Waals surface area contributed by atoms with Gasteiger partial charge in [-0.3, -0.25) is 10.0 Å². The Morgan fingerprint density at radius 2 is 2.31 bits per heavy atom. The topological polar surface area (TPSA) is 82.0 Å². The number of hydrogen-bond donors (Lipinski definition) is 2. The number of Topliss-reactive ketones (excluding diaryl/α,β-unsaturated/α-hetero) is 1. The molecule has 0 spiro atoms. The average molecular weight is 189 g/mol. The normalized spacial score (nSPS) is 12.2. The summed E-state index contributed by atoms with van der Waals surface area (Å²) in [5.74, 6) is 0.0473. The van der Waals surface area contributed by atoms with Gasteiger partial charge in [-0.1, -0.05) is 0 Å². The van der Waals surface area contributed by atoms with Crippen LogP contribution in [0.2, 0.25) is 0 Å². The number of carbonyl (C=O) groups excluding carboxylic acids is 1. The van der Waals surface area contributed by atoms with Crippen molar-refractivity contribution in [1.82, 2.24) is 10.5 Å². The maximum atomic E-state index is 10.9. The lowest BCUT2D eigenvalue weighted by molar-refractivity contribution is -0.119. The van der Waals surface area contributed by atoms with Crippen molar-refractivity contribution in [1.29, 1.82) is 0 Å². The fourth-order valence-electron chi connectivity index (χ4n) is 1.03. The maximum absolute atomic E-state index is 10.9. The second kappa shape index (κ2) is 6.50. The zero-order chi connectivity index (χ0) is 10.3. The fourth-order valence-corrected chi connectivity index (χ4v) is 1.03. The summed E-state index contributed by atoms with van der Waals surface area (Å²) in [6.07, 6.45) is 1.12. The number of nitrogens with zero attached hydrogens (tertiary/aromatic N) is 2. The van der Waals surface area contributed by atoms with Crippen LogP contribution in [-0.4, -0.2) is 35.8 Å². The van der Waals surface area contributed by atoms with E-state index in [1.54, 1.807) is 7.05 Å². The van der Waals surface area contributed by atoms with Crippen LogP contribution in [0.3, 0.4) is 0 Å². The Labute approximate surface area is 76.8 Å². The van der Waals surface area contributed by atoms with Crippen LogP contribution in [0, 0.1) is 4.91 Å². The highest BCUT2D eigenvalue weighted by atomic mass is 16.6. The van der Waals surface area contributed by atoms with Crippen molar-refractivity contribution in [3.63, 3.8) is 0 Å². The van der Waals surface area contributed by atoms with E-state index in [1.807, 2.05) is 0 Å². The first kappa shape index (κ1) is 12.0. The molecule has 1 atom stereocenters. The van der Waals surface area contributed by atoms with Crippen LogP contribution in [-0.2, 0) is 4.79 Å².